The second-order valence-corrected chi connectivity index (χ2v) is 8.43. The highest BCUT2D eigenvalue weighted by Gasteiger charge is 2.32. The van der Waals surface area contributed by atoms with Gasteiger partial charge in [-0.25, -0.2) is 4.98 Å². The summed E-state index contributed by atoms with van der Waals surface area (Å²) in [6, 6.07) is 0. The van der Waals surface area contributed by atoms with Crippen molar-refractivity contribution in [2.45, 2.75) is 25.9 Å². The lowest BCUT2D eigenvalue weighted by molar-refractivity contribution is -0.895. The van der Waals surface area contributed by atoms with E-state index in [4.69, 9.17) is 4.74 Å². The number of hydrogen-bond acceptors (Lipinski definition) is 6. The Balaban J connectivity index is 1.46. The zero-order valence-electron chi connectivity index (χ0n) is 16.6. The van der Waals surface area contributed by atoms with Gasteiger partial charge in [0.05, 0.1) is 31.9 Å². The monoisotopic (exact) mass is 410 g/mol. The van der Waals surface area contributed by atoms with Crippen LogP contribution in [0.3, 0.4) is 0 Å². The Morgan fingerprint density at radius 1 is 1.32 bits per heavy atom. The van der Waals surface area contributed by atoms with Crippen LogP contribution in [0.25, 0.3) is 0 Å². The molecule has 154 valence electrons. The van der Waals surface area contributed by atoms with E-state index in [0.717, 1.165) is 30.8 Å². The van der Waals surface area contributed by atoms with Gasteiger partial charge in [0.2, 0.25) is 0 Å². The normalized spacial score (nSPS) is 20.2. The number of rotatable bonds is 5. The summed E-state index contributed by atoms with van der Waals surface area (Å²) in [5.41, 5.74) is 0.618. The first-order valence-corrected chi connectivity index (χ1v) is 10.4. The molecule has 2 aliphatic heterocycles. The van der Waals surface area contributed by atoms with Crippen LogP contribution in [0.4, 0.5) is 5.13 Å². The van der Waals surface area contributed by atoms with Gasteiger partial charge in [-0.3, -0.25) is 19.7 Å². The van der Waals surface area contributed by atoms with E-state index in [0.29, 0.717) is 41.9 Å². The maximum absolute atomic E-state index is 12.4. The highest BCUT2D eigenvalue weighted by Crippen LogP contribution is 2.23. The number of carbonyl (C=O) groups is 3. The molecule has 1 aromatic heterocycles. The summed E-state index contributed by atoms with van der Waals surface area (Å²) >= 11 is 1.19. The Kier molecular flexibility index (Phi) is 6.63. The average Bonchev–Trinajstić information content (AvgIpc) is 3.31. The summed E-state index contributed by atoms with van der Waals surface area (Å²) in [6.07, 6.45) is 1.47. The topological polar surface area (TPSA) is 96.3 Å². The predicted octanol–water partition coefficient (Wildman–Crippen LogP) is -1.00. The van der Waals surface area contributed by atoms with E-state index in [9.17, 15) is 14.4 Å². The molecule has 0 bridgehead atoms. The van der Waals surface area contributed by atoms with Gasteiger partial charge in [0.15, 0.2) is 11.7 Å². The molecule has 0 spiro atoms. The molecule has 2 aliphatic rings. The number of amides is 3. The Labute approximate surface area is 168 Å². The number of aromatic nitrogens is 1. The predicted molar refractivity (Wildman–Crippen MR) is 105 cm³/mol. The second-order valence-electron chi connectivity index (χ2n) is 7.44. The van der Waals surface area contributed by atoms with Crippen molar-refractivity contribution in [3.05, 3.63) is 10.6 Å². The van der Waals surface area contributed by atoms with Gasteiger partial charge in [0.1, 0.15) is 11.0 Å². The fourth-order valence-electron chi connectivity index (χ4n) is 3.44. The van der Waals surface area contributed by atoms with Crippen LogP contribution in [0.15, 0.2) is 0 Å². The van der Waals surface area contributed by atoms with E-state index in [1.54, 1.807) is 21.0 Å². The van der Waals surface area contributed by atoms with Crippen LogP contribution < -0.4 is 10.2 Å². The lowest BCUT2D eigenvalue weighted by Gasteiger charge is -2.33. The minimum atomic E-state index is -0.280. The van der Waals surface area contributed by atoms with Crippen molar-refractivity contribution in [2.75, 3.05) is 58.7 Å². The smallest absolute Gasteiger partial charge is 0.281 e. The maximum atomic E-state index is 12.4. The molecule has 0 saturated carbocycles. The quantitative estimate of drug-likeness (QED) is 0.649. The number of piperazine rings is 1. The average molecular weight is 411 g/mol. The SMILES string of the molecule is Cc1nc(NC(=O)C[NH+]2CCN(C(=O)[C@H]3CCCO3)CC2)sc1C(=O)N(C)C. The third-order valence-electron chi connectivity index (χ3n) is 5.04. The Hall–Kier alpha value is -2.04. The van der Waals surface area contributed by atoms with Crippen LogP contribution in [0, 0.1) is 6.92 Å². The van der Waals surface area contributed by atoms with Crippen molar-refractivity contribution in [3.63, 3.8) is 0 Å². The van der Waals surface area contributed by atoms with Crippen molar-refractivity contribution in [3.8, 4) is 0 Å². The lowest BCUT2D eigenvalue weighted by Crippen LogP contribution is -3.15. The summed E-state index contributed by atoms with van der Waals surface area (Å²) in [5, 5.41) is 3.24. The van der Waals surface area contributed by atoms with Gasteiger partial charge in [-0.1, -0.05) is 11.3 Å². The summed E-state index contributed by atoms with van der Waals surface area (Å²) in [5.74, 6) is -0.169. The number of nitrogens with zero attached hydrogens (tertiary/aromatic N) is 3. The third kappa shape index (κ3) is 4.86. The molecule has 3 heterocycles. The van der Waals surface area contributed by atoms with Gasteiger partial charge in [0.25, 0.3) is 17.7 Å². The van der Waals surface area contributed by atoms with E-state index in [1.807, 2.05) is 4.90 Å². The molecule has 2 fully saturated rings. The van der Waals surface area contributed by atoms with Gasteiger partial charge >= 0.3 is 0 Å². The maximum Gasteiger partial charge on any atom is 0.281 e. The minimum absolute atomic E-state index is 0.0809. The summed E-state index contributed by atoms with van der Waals surface area (Å²) in [6.45, 7) is 5.48. The van der Waals surface area contributed by atoms with E-state index in [2.05, 4.69) is 10.3 Å². The zero-order chi connectivity index (χ0) is 20.3. The van der Waals surface area contributed by atoms with E-state index < -0.39 is 0 Å². The molecule has 0 aliphatic carbocycles. The first-order valence-electron chi connectivity index (χ1n) is 9.58. The van der Waals surface area contributed by atoms with Crippen LogP contribution in [-0.4, -0.2) is 92.0 Å². The molecular formula is C18H28N5O4S+. The third-order valence-corrected chi connectivity index (χ3v) is 6.10. The molecule has 0 unspecified atom stereocenters. The molecule has 2 saturated heterocycles. The van der Waals surface area contributed by atoms with Crippen LogP contribution in [0.5, 0.6) is 0 Å². The zero-order valence-corrected chi connectivity index (χ0v) is 17.4. The molecule has 1 aromatic rings. The van der Waals surface area contributed by atoms with Crippen molar-refractivity contribution in [1.29, 1.82) is 0 Å². The lowest BCUT2D eigenvalue weighted by atomic mass is 10.2. The summed E-state index contributed by atoms with van der Waals surface area (Å²) < 4.78 is 5.47. The fourth-order valence-corrected chi connectivity index (χ4v) is 4.44. The van der Waals surface area contributed by atoms with Gasteiger partial charge in [-0.05, 0) is 19.8 Å². The first-order chi connectivity index (χ1) is 13.3. The van der Waals surface area contributed by atoms with Gasteiger partial charge in [-0.15, -0.1) is 0 Å². The van der Waals surface area contributed by atoms with Crippen LogP contribution in [0.2, 0.25) is 0 Å². The minimum Gasteiger partial charge on any atom is -0.368 e. The van der Waals surface area contributed by atoms with E-state index in [-0.39, 0.29) is 23.8 Å². The highest BCUT2D eigenvalue weighted by atomic mass is 32.1. The molecule has 0 radical (unpaired) electrons. The Bertz CT molecular complexity index is 736. The van der Waals surface area contributed by atoms with Gasteiger partial charge in [-0.2, -0.15) is 0 Å². The Morgan fingerprint density at radius 3 is 2.64 bits per heavy atom. The van der Waals surface area contributed by atoms with Gasteiger partial charge in [0, 0.05) is 20.7 Å². The number of anilines is 1. The van der Waals surface area contributed by atoms with Crippen molar-refractivity contribution in [2.24, 2.45) is 0 Å². The fraction of sp³-hybridized carbons (Fsp3) is 0.667. The van der Waals surface area contributed by atoms with Crippen LogP contribution >= 0.6 is 11.3 Å². The number of ether oxygens (including phenoxy) is 1. The van der Waals surface area contributed by atoms with Crippen molar-refractivity contribution < 1.29 is 24.0 Å². The number of hydrogen-bond donors (Lipinski definition) is 2. The molecule has 1 atom stereocenters. The van der Waals surface area contributed by atoms with Crippen molar-refractivity contribution in [1.82, 2.24) is 14.8 Å². The largest absolute Gasteiger partial charge is 0.368 e. The number of aryl methyl sites for hydroxylation is 1. The second kappa shape index (κ2) is 8.97. The molecule has 3 rings (SSSR count). The molecular weight excluding hydrogens is 382 g/mol. The standard InChI is InChI=1S/C18H27N5O4S/c1-12-15(17(26)21(2)3)28-18(19-12)20-14(24)11-22-6-8-23(9-7-22)16(25)13-5-4-10-27-13/h13H,4-11H2,1-3H3,(H,19,20,24)/p+1/t13-/m1/s1. The summed E-state index contributed by atoms with van der Waals surface area (Å²) in [7, 11) is 3.37. The van der Waals surface area contributed by atoms with Gasteiger partial charge < -0.3 is 19.4 Å². The van der Waals surface area contributed by atoms with E-state index in [1.165, 1.54) is 16.2 Å². The van der Waals surface area contributed by atoms with Crippen molar-refractivity contribution >= 4 is 34.2 Å². The molecule has 2 N–H and O–H groups in total. The highest BCUT2D eigenvalue weighted by molar-refractivity contribution is 7.17. The summed E-state index contributed by atoms with van der Waals surface area (Å²) in [4.78, 5) is 46.1. The van der Waals surface area contributed by atoms with Crippen LogP contribution in [0.1, 0.15) is 28.2 Å². The Morgan fingerprint density at radius 2 is 2.04 bits per heavy atom. The number of nitrogens with one attached hydrogen (secondary N) is 2. The molecule has 3 amide bonds. The molecule has 10 heteroatoms. The molecule has 0 aromatic carbocycles. The number of carbonyl (C=O) groups excluding carboxylic acids is 3. The molecule has 9 nitrogen and oxygen atoms in total. The van der Waals surface area contributed by atoms with E-state index >= 15 is 0 Å². The number of quaternary nitrogens is 1. The number of thiazole rings is 1. The van der Waals surface area contributed by atoms with Crippen LogP contribution in [-0.2, 0) is 14.3 Å². The first kappa shape index (κ1) is 20.7. The molecule has 28 heavy (non-hydrogen) atoms.